The number of aryl methyl sites for hydroxylation is 1. The van der Waals surface area contributed by atoms with Crippen molar-refractivity contribution >= 4 is 33.4 Å². The maximum Gasteiger partial charge on any atom is 0.189 e. The molecule has 24 heavy (non-hydrogen) atoms. The molecule has 0 fully saturated rings. The lowest BCUT2D eigenvalue weighted by Crippen LogP contribution is -1.93. The van der Waals surface area contributed by atoms with Gasteiger partial charge in [0.2, 0.25) is 0 Å². The third-order valence-corrected chi connectivity index (χ3v) is 5.27. The first kappa shape index (κ1) is 15.2. The van der Waals surface area contributed by atoms with Crippen molar-refractivity contribution < 1.29 is 0 Å². The van der Waals surface area contributed by atoms with Gasteiger partial charge in [-0.05, 0) is 18.6 Å². The van der Waals surface area contributed by atoms with E-state index in [1.54, 1.807) is 29.3 Å². The van der Waals surface area contributed by atoms with Gasteiger partial charge in [0.25, 0.3) is 0 Å². The van der Waals surface area contributed by atoms with E-state index in [2.05, 4.69) is 33.2 Å². The average Bonchev–Trinajstić information content (AvgIpc) is 3.01. The molecule has 4 nitrogen and oxygen atoms in total. The highest BCUT2D eigenvalue weighted by Crippen LogP contribution is 2.31. The highest BCUT2D eigenvalue weighted by Gasteiger charge is 2.14. The molecule has 4 rings (SSSR count). The van der Waals surface area contributed by atoms with Crippen LogP contribution in [-0.4, -0.2) is 19.9 Å². The zero-order chi connectivity index (χ0) is 16.4. The van der Waals surface area contributed by atoms with Crippen LogP contribution in [0.4, 0.5) is 0 Å². The normalized spacial score (nSPS) is 11.0. The van der Waals surface area contributed by atoms with Gasteiger partial charge in [-0.15, -0.1) is 0 Å². The van der Waals surface area contributed by atoms with Crippen LogP contribution in [-0.2, 0) is 5.75 Å². The number of fused-ring (bicyclic) bond motifs is 1. The van der Waals surface area contributed by atoms with E-state index in [0.717, 1.165) is 43.1 Å². The lowest BCUT2D eigenvalue weighted by molar-refractivity contribution is 1.01. The Labute approximate surface area is 148 Å². The van der Waals surface area contributed by atoms with Gasteiger partial charge >= 0.3 is 0 Å². The SMILES string of the molecule is Cc1nc2c(-c3ccccc3)nc(SCc3cccnc3)nc2s1. The van der Waals surface area contributed by atoms with Crippen molar-refractivity contribution in [3.05, 3.63) is 65.4 Å². The van der Waals surface area contributed by atoms with Gasteiger partial charge in [0.15, 0.2) is 5.16 Å². The summed E-state index contributed by atoms with van der Waals surface area (Å²) < 4.78 is 0. The summed E-state index contributed by atoms with van der Waals surface area (Å²) in [5.74, 6) is 0.797. The van der Waals surface area contributed by atoms with Gasteiger partial charge in [-0.3, -0.25) is 4.98 Å². The summed E-state index contributed by atoms with van der Waals surface area (Å²) in [6.07, 6.45) is 3.66. The smallest absolute Gasteiger partial charge is 0.189 e. The average molecular weight is 350 g/mol. The Balaban J connectivity index is 1.74. The van der Waals surface area contributed by atoms with Crippen molar-refractivity contribution in [1.29, 1.82) is 0 Å². The molecule has 0 aliphatic rings. The molecule has 3 heterocycles. The van der Waals surface area contributed by atoms with Crippen LogP contribution in [0, 0.1) is 6.92 Å². The zero-order valence-corrected chi connectivity index (χ0v) is 14.6. The summed E-state index contributed by atoms with van der Waals surface area (Å²) in [7, 11) is 0. The Morgan fingerprint density at radius 1 is 1.00 bits per heavy atom. The van der Waals surface area contributed by atoms with E-state index in [1.807, 2.05) is 37.4 Å². The molecule has 0 spiro atoms. The molecule has 3 aromatic heterocycles. The Morgan fingerprint density at radius 2 is 1.88 bits per heavy atom. The van der Waals surface area contributed by atoms with Gasteiger partial charge < -0.3 is 0 Å². The second-order valence-electron chi connectivity index (χ2n) is 5.26. The Kier molecular flexibility index (Phi) is 4.23. The first-order chi connectivity index (χ1) is 11.8. The van der Waals surface area contributed by atoms with Crippen LogP contribution in [0.3, 0.4) is 0 Å². The maximum absolute atomic E-state index is 4.78. The fourth-order valence-corrected chi connectivity index (χ4v) is 4.02. The van der Waals surface area contributed by atoms with E-state index in [4.69, 9.17) is 4.98 Å². The van der Waals surface area contributed by atoms with E-state index in [9.17, 15) is 0 Å². The van der Waals surface area contributed by atoms with E-state index in [1.165, 1.54) is 0 Å². The first-order valence-corrected chi connectivity index (χ1v) is 9.32. The Hall–Kier alpha value is -2.31. The fourth-order valence-electron chi connectivity index (χ4n) is 2.40. The predicted octanol–water partition coefficient (Wildman–Crippen LogP) is 4.75. The molecule has 0 saturated heterocycles. The number of benzene rings is 1. The van der Waals surface area contributed by atoms with Crippen LogP contribution >= 0.6 is 23.1 Å². The van der Waals surface area contributed by atoms with Gasteiger partial charge in [0.1, 0.15) is 16.0 Å². The minimum absolute atomic E-state index is 0.772. The molecular formula is C18H14N4S2. The summed E-state index contributed by atoms with van der Waals surface area (Å²) in [4.78, 5) is 19.2. The van der Waals surface area contributed by atoms with E-state index < -0.39 is 0 Å². The molecule has 0 unspecified atom stereocenters. The molecule has 0 amide bonds. The summed E-state index contributed by atoms with van der Waals surface area (Å²) in [6.45, 7) is 2.00. The second-order valence-corrected chi connectivity index (χ2v) is 7.38. The zero-order valence-electron chi connectivity index (χ0n) is 13.0. The number of thioether (sulfide) groups is 1. The molecular weight excluding hydrogens is 336 g/mol. The summed E-state index contributed by atoms with van der Waals surface area (Å²) in [5, 5.41) is 1.78. The third-order valence-electron chi connectivity index (χ3n) is 3.48. The number of hydrogen-bond acceptors (Lipinski definition) is 6. The molecule has 0 aliphatic heterocycles. The summed E-state index contributed by atoms with van der Waals surface area (Å²) in [6, 6.07) is 14.2. The van der Waals surface area contributed by atoms with Crippen molar-refractivity contribution in [2.75, 3.05) is 0 Å². The highest BCUT2D eigenvalue weighted by atomic mass is 32.2. The van der Waals surface area contributed by atoms with Crippen molar-refractivity contribution in [1.82, 2.24) is 19.9 Å². The molecule has 0 N–H and O–H groups in total. The van der Waals surface area contributed by atoms with Crippen molar-refractivity contribution in [3.63, 3.8) is 0 Å². The fraction of sp³-hybridized carbons (Fsp3) is 0.111. The minimum Gasteiger partial charge on any atom is -0.264 e. The molecule has 0 bridgehead atoms. The van der Waals surface area contributed by atoms with E-state index in [-0.39, 0.29) is 0 Å². The second kappa shape index (κ2) is 6.67. The number of aromatic nitrogens is 4. The van der Waals surface area contributed by atoms with Gasteiger partial charge in [-0.2, -0.15) is 0 Å². The standard InChI is InChI=1S/C18H14N4S2/c1-12-20-16-15(14-7-3-2-4-8-14)21-18(22-17(16)24-12)23-11-13-6-5-9-19-10-13/h2-10H,11H2,1H3. The number of thiazole rings is 1. The van der Waals surface area contributed by atoms with Crippen LogP contribution in [0.15, 0.2) is 60.0 Å². The van der Waals surface area contributed by atoms with Crippen LogP contribution in [0.2, 0.25) is 0 Å². The summed E-state index contributed by atoms with van der Waals surface area (Å²) in [5.41, 5.74) is 4.01. The molecule has 0 saturated carbocycles. The minimum atomic E-state index is 0.772. The lowest BCUT2D eigenvalue weighted by Gasteiger charge is -2.05. The monoisotopic (exact) mass is 350 g/mol. The first-order valence-electron chi connectivity index (χ1n) is 7.52. The molecule has 0 aliphatic carbocycles. The third kappa shape index (κ3) is 3.16. The van der Waals surface area contributed by atoms with Crippen LogP contribution in [0.5, 0.6) is 0 Å². The molecule has 118 valence electrons. The topological polar surface area (TPSA) is 51.6 Å². The number of rotatable bonds is 4. The molecule has 4 aromatic rings. The molecule has 0 atom stereocenters. The highest BCUT2D eigenvalue weighted by molar-refractivity contribution is 7.98. The van der Waals surface area contributed by atoms with E-state index in [0.29, 0.717) is 0 Å². The maximum atomic E-state index is 4.78. The number of nitrogens with zero attached hydrogens (tertiary/aromatic N) is 4. The Morgan fingerprint density at radius 3 is 2.67 bits per heavy atom. The van der Waals surface area contributed by atoms with Crippen LogP contribution in [0.1, 0.15) is 10.6 Å². The van der Waals surface area contributed by atoms with Crippen molar-refractivity contribution in [2.45, 2.75) is 17.8 Å². The quantitative estimate of drug-likeness (QED) is 0.393. The van der Waals surface area contributed by atoms with Gasteiger partial charge in [0.05, 0.1) is 5.01 Å². The van der Waals surface area contributed by atoms with Crippen LogP contribution < -0.4 is 0 Å². The Bertz CT molecular complexity index is 968. The van der Waals surface area contributed by atoms with Crippen molar-refractivity contribution in [2.24, 2.45) is 0 Å². The van der Waals surface area contributed by atoms with Gasteiger partial charge in [-0.25, -0.2) is 15.0 Å². The largest absolute Gasteiger partial charge is 0.264 e. The molecule has 6 heteroatoms. The molecule has 1 aromatic carbocycles. The lowest BCUT2D eigenvalue weighted by atomic mass is 10.1. The van der Waals surface area contributed by atoms with E-state index >= 15 is 0 Å². The summed E-state index contributed by atoms with van der Waals surface area (Å²) >= 11 is 3.23. The molecule has 0 radical (unpaired) electrons. The predicted molar refractivity (Wildman–Crippen MR) is 99.2 cm³/mol. The van der Waals surface area contributed by atoms with Gasteiger partial charge in [0, 0.05) is 23.7 Å². The number of hydrogen-bond donors (Lipinski definition) is 0. The number of pyridine rings is 1. The van der Waals surface area contributed by atoms with Gasteiger partial charge in [-0.1, -0.05) is 59.5 Å². The van der Waals surface area contributed by atoms with Crippen LogP contribution in [0.25, 0.3) is 21.6 Å². The van der Waals surface area contributed by atoms with Crippen molar-refractivity contribution in [3.8, 4) is 11.3 Å².